The van der Waals surface area contributed by atoms with Gasteiger partial charge in [0.15, 0.2) is 0 Å². The summed E-state index contributed by atoms with van der Waals surface area (Å²) < 4.78 is 10.4. The zero-order valence-electron chi connectivity index (χ0n) is 17.6. The Kier molecular flexibility index (Phi) is 5.55. The van der Waals surface area contributed by atoms with Gasteiger partial charge in [-0.05, 0) is 39.5 Å². The van der Waals surface area contributed by atoms with Crippen LogP contribution >= 0.6 is 0 Å². The summed E-state index contributed by atoms with van der Waals surface area (Å²) >= 11 is 0. The molecular weight excluding hydrogens is 378 g/mol. The van der Waals surface area contributed by atoms with Gasteiger partial charge in [-0.15, -0.1) is 10.2 Å². The van der Waals surface area contributed by atoms with Crippen molar-refractivity contribution in [3.63, 3.8) is 0 Å². The third-order valence-corrected chi connectivity index (χ3v) is 5.23. The van der Waals surface area contributed by atoms with Gasteiger partial charge in [-0.25, -0.2) is 4.79 Å². The summed E-state index contributed by atoms with van der Waals surface area (Å²) in [5.41, 5.74) is -1.51. The van der Waals surface area contributed by atoms with Gasteiger partial charge in [-0.2, -0.15) is 0 Å². The van der Waals surface area contributed by atoms with Gasteiger partial charge in [-0.3, -0.25) is 9.59 Å². The van der Waals surface area contributed by atoms with Crippen LogP contribution in [0.5, 0.6) is 0 Å². The van der Waals surface area contributed by atoms with E-state index in [1.165, 1.54) is 6.39 Å². The van der Waals surface area contributed by atoms with Crippen molar-refractivity contribution >= 4 is 17.9 Å². The predicted molar refractivity (Wildman–Crippen MR) is 101 cm³/mol. The lowest BCUT2D eigenvalue weighted by Gasteiger charge is -2.51. The van der Waals surface area contributed by atoms with E-state index in [4.69, 9.17) is 9.15 Å². The minimum Gasteiger partial charge on any atom is -0.444 e. The van der Waals surface area contributed by atoms with Gasteiger partial charge >= 0.3 is 6.09 Å². The van der Waals surface area contributed by atoms with Gasteiger partial charge in [0.2, 0.25) is 18.2 Å². The average Bonchev–Trinajstić information content (AvgIpc) is 3.27. The molecule has 1 spiro atoms. The number of hydrogen-bond acceptors (Lipinski definition) is 7. The number of nitrogens with zero attached hydrogens (tertiary/aromatic N) is 4. The smallest absolute Gasteiger partial charge is 0.408 e. The van der Waals surface area contributed by atoms with Gasteiger partial charge in [0, 0.05) is 6.54 Å². The van der Waals surface area contributed by atoms with Crippen LogP contribution in [0.1, 0.15) is 53.4 Å². The zero-order chi connectivity index (χ0) is 21.4. The first-order chi connectivity index (χ1) is 13.5. The molecule has 0 aliphatic carbocycles. The Bertz CT molecular complexity index is 772. The van der Waals surface area contributed by atoms with Crippen molar-refractivity contribution in [2.45, 2.75) is 71.2 Å². The Morgan fingerprint density at radius 3 is 2.66 bits per heavy atom. The number of rotatable bonds is 5. The van der Waals surface area contributed by atoms with E-state index < -0.39 is 23.3 Å². The number of carbonyl (C=O) groups is 3. The zero-order valence-corrected chi connectivity index (χ0v) is 17.6. The largest absolute Gasteiger partial charge is 0.444 e. The normalized spacial score (nSPS) is 22.8. The highest BCUT2D eigenvalue weighted by molar-refractivity contribution is 5.98. The monoisotopic (exact) mass is 407 g/mol. The van der Waals surface area contributed by atoms with Crippen LogP contribution in [0.3, 0.4) is 0 Å². The van der Waals surface area contributed by atoms with Crippen molar-refractivity contribution < 1.29 is 23.5 Å². The summed E-state index contributed by atoms with van der Waals surface area (Å²) in [6, 6.07) is -0.766. The van der Waals surface area contributed by atoms with E-state index in [-0.39, 0.29) is 24.3 Å². The van der Waals surface area contributed by atoms with E-state index in [2.05, 4.69) is 15.5 Å². The minimum absolute atomic E-state index is 0.124. The van der Waals surface area contributed by atoms with Crippen molar-refractivity contribution in [2.24, 2.45) is 5.92 Å². The van der Waals surface area contributed by atoms with Crippen molar-refractivity contribution in [1.82, 2.24) is 25.3 Å². The summed E-state index contributed by atoms with van der Waals surface area (Å²) in [4.78, 5) is 41.7. The number of amides is 3. The van der Waals surface area contributed by atoms with E-state index in [0.29, 0.717) is 25.4 Å². The van der Waals surface area contributed by atoms with Crippen molar-refractivity contribution in [1.29, 1.82) is 0 Å². The molecule has 2 aliphatic heterocycles. The highest BCUT2D eigenvalue weighted by Crippen LogP contribution is 2.40. The number of likely N-dealkylation sites (tertiary alicyclic amines) is 2. The molecule has 0 bridgehead atoms. The molecule has 2 atom stereocenters. The molecular formula is C19H29N5O5. The fourth-order valence-electron chi connectivity index (χ4n) is 3.92. The third kappa shape index (κ3) is 4.20. The summed E-state index contributed by atoms with van der Waals surface area (Å²) in [5, 5.41) is 10.1. The van der Waals surface area contributed by atoms with Crippen molar-refractivity contribution in [2.75, 3.05) is 13.1 Å². The van der Waals surface area contributed by atoms with Gasteiger partial charge in [0.25, 0.3) is 5.91 Å². The Morgan fingerprint density at radius 1 is 1.38 bits per heavy atom. The van der Waals surface area contributed by atoms with Crippen LogP contribution in [0.25, 0.3) is 0 Å². The molecule has 1 aromatic heterocycles. The summed E-state index contributed by atoms with van der Waals surface area (Å²) in [5.74, 6) is -0.177. The van der Waals surface area contributed by atoms with Crippen LogP contribution in [-0.2, 0) is 20.9 Å². The van der Waals surface area contributed by atoms with E-state index >= 15 is 0 Å². The molecule has 3 amide bonds. The molecule has 3 heterocycles. The van der Waals surface area contributed by atoms with Crippen molar-refractivity contribution in [3.05, 3.63) is 12.3 Å². The maximum absolute atomic E-state index is 13.3. The highest BCUT2D eigenvalue weighted by atomic mass is 16.6. The van der Waals surface area contributed by atoms with E-state index in [1.54, 1.807) is 30.6 Å². The molecule has 0 saturated carbocycles. The lowest BCUT2D eigenvalue weighted by Crippen LogP contribution is -2.73. The fourth-order valence-corrected chi connectivity index (χ4v) is 3.92. The molecule has 1 aromatic rings. The fraction of sp³-hybridized carbons (Fsp3) is 0.737. The lowest BCUT2D eigenvalue weighted by molar-refractivity contribution is -0.170. The maximum atomic E-state index is 13.3. The van der Waals surface area contributed by atoms with E-state index in [9.17, 15) is 14.4 Å². The van der Waals surface area contributed by atoms with Gasteiger partial charge in [-0.1, -0.05) is 13.8 Å². The van der Waals surface area contributed by atoms with Crippen LogP contribution in [0, 0.1) is 5.92 Å². The quantitative estimate of drug-likeness (QED) is 0.731. The molecule has 1 N–H and O–H groups in total. The topological polar surface area (TPSA) is 118 Å². The van der Waals surface area contributed by atoms with Crippen LogP contribution < -0.4 is 5.32 Å². The molecule has 2 saturated heterocycles. The Balaban J connectivity index is 1.69. The predicted octanol–water partition coefficient (Wildman–Crippen LogP) is 1.32. The molecule has 0 aromatic carbocycles. The van der Waals surface area contributed by atoms with Gasteiger partial charge in [0.05, 0.1) is 13.1 Å². The number of alkyl carbamates (subject to hydrolysis) is 1. The number of aromatic nitrogens is 2. The summed E-state index contributed by atoms with van der Waals surface area (Å²) in [6.07, 6.45) is 1.92. The van der Waals surface area contributed by atoms with E-state index in [0.717, 1.165) is 6.42 Å². The molecule has 29 heavy (non-hydrogen) atoms. The number of β-lactam (4-membered cyclic amide) rings is 1. The lowest BCUT2D eigenvalue weighted by atomic mass is 9.84. The number of hydrogen-bond donors (Lipinski definition) is 1. The molecule has 1 unspecified atom stereocenters. The second-order valence-corrected chi connectivity index (χ2v) is 8.99. The number of carbonyl (C=O) groups excluding carboxylic acids is 3. The minimum atomic E-state index is -0.847. The molecule has 2 fully saturated rings. The molecule has 3 rings (SSSR count). The first kappa shape index (κ1) is 21.1. The molecule has 10 nitrogen and oxygen atoms in total. The van der Waals surface area contributed by atoms with E-state index in [1.807, 2.05) is 13.8 Å². The standard InChI is InChI=1S/C19H29N5O5/c1-12(2)14(21-17(27)29-18(3,4)5)15(25)24-8-6-7-19(24)10-23(16(19)26)9-13-22-20-11-28-13/h11-12,14H,6-10H2,1-5H3,(H,21,27)/t14-,19?/m0/s1. The number of nitrogens with one attached hydrogen (secondary N) is 1. The van der Waals surface area contributed by atoms with Gasteiger partial charge < -0.3 is 24.3 Å². The van der Waals surface area contributed by atoms with Crippen LogP contribution in [0.4, 0.5) is 4.79 Å². The Labute approximate surface area is 169 Å². The molecule has 2 aliphatic rings. The number of ether oxygens (including phenoxy) is 1. The summed E-state index contributed by atoms with van der Waals surface area (Å²) in [7, 11) is 0. The second kappa shape index (κ2) is 7.64. The Morgan fingerprint density at radius 2 is 2.10 bits per heavy atom. The maximum Gasteiger partial charge on any atom is 0.408 e. The summed E-state index contributed by atoms with van der Waals surface area (Å²) in [6.45, 7) is 10.1. The van der Waals surface area contributed by atoms with Crippen LogP contribution in [0.2, 0.25) is 0 Å². The molecule has 0 radical (unpaired) electrons. The first-order valence-corrected chi connectivity index (χ1v) is 9.89. The second-order valence-electron chi connectivity index (χ2n) is 8.99. The van der Waals surface area contributed by atoms with Gasteiger partial charge in [0.1, 0.15) is 17.2 Å². The SMILES string of the molecule is CC(C)[C@H](NC(=O)OC(C)(C)C)C(=O)N1CCCC12CN(Cc1nnco1)C2=O. The molecule has 160 valence electrons. The Hall–Kier alpha value is -2.65. The highest BCUT2D eigenvalue weighted by Gasteiger charge is 2.60. The van der Waals surface area contributed by atoms with Crippen LogP contribution in [0.15, 0.2) is 10.8 Å². The van der Waals surface area contributed by atoms with Crippen LogP contribution in [-0.4, -0.2) is 68.2 Å². The molecule has 10 heteroatoms. The first-order valence-electron chi connectivity index (χ1n) is 9.89. The van der Waals surface area contributed by atoms with Crippen molar-refractivity contribution in [3.8, 4) is 0 Å². The average molecular weight is 407 g/mol. The third-order valence-electron chi connectivity index (χ3n) is 5.23.